The maximum atomic E-state index is 12.6. The van der Waals surface area contributed by atoms with E-state index < -0.39 is 26.5 Å². The third kappa shape index (κ3) is 38.5. The summed E-state index contributed by atoms with van der Waals surface area (Å²) in [6, 6.07) is 0. The molecule has 0 aromatic rings. The van der Waals surface area contributed by atoms with E-state index in [0.29, 0.717) is 19.4 Å². The second-order valence-electron chi connectivity index (χ2n) is 14.6. The summed E-state index contributed by atoms with van der Waals surface area (Å²) in [7, 11) is -4.33. The minimum absolute atomic E-state index is 0.0360. The van der Waals surface area contributed by atoms with Crippen LogP contribution >= 0.6 is 7.82 Å². The third-order valence-corrected chi connectivity index (χ3v) is 10.5. The molecule has 0 amide bonds. The summed E-state index contributed by atoms with van der Waals surface area (Å²) in [6.45, 7) is 4.17. The van der Waals surface area contributed by atoms with E-state index in [9.17, 15) is 19.0 Å². The molecule has 0 bridgehead atoms. The van der Waals surface area contributed by atoms with Gasteiger partial charge in [-0.05, 0) is 12.8 Å². The SMILES string of the molecule is CCCCCCCCCCCCCCCCCC(=O)OC[C@@H](COP(=O)(O)OCC[NH3+])OC(=O)CCCCCCCCCCCCCCCCC. The van der Waals surface area contributed by atoms with Crippen molar-refractivity contribution >= 4 is 19.8 Å². The van der Waals surface area contributed by atoms with E-state index in [1.165, 1.54) is 154 Å². The Labute approximate surface area is 314 Å². The van der Waals surface area contributed by atoms with E-state index in [2.05, 4.69) is 19.6 Å². The molecule has 51 heavy (non-hydrogen) atoms. The van der Waals surface area contributed by atoms with Crippen molar-refractivity contribution in [2.45, 2.75) is 225 Å². The summed E-state index contributed by atoms with van der Waals surface area (Å²) in [5.41, 5.74) is 3.58. The Hall–Kier alpha value is -0.990. The van der Waals surface area contributed by atoms with Crippen molar-refractivity contribution in [2.24, 2.45) is 0 Å². The molecule has 2 atom stereocenters. The molecular weight excluding hydrogens is 665 g/mol. The highest BCUT2D eigenvalue weighted by Gasteiger charge is 2.26. The zero-order valence-electron chi connectivity index (χ0n) is 33.5. The Morgan fingerprint density at radius 2 is 0.843 bits per heavy atom. The maximum Gasteiger partial charge on any atom is 0.472 e. The van der Waals surface area contributed by atoms with Crippen molar-refractivity contribution < 1.29 is 43.3 Å². The molecule has 0 aliphatic carbocycles. The molecule has 10 heteroatoms. The van der Waals surface area contributed by atoms with Crippen molar-refractivity contribution in [3.63, 3.8) is 0 Å². The quantitative estimate of drug-likeness (QED) is 0.0358. The highest BCUT2D eigenvalue weighted by Crippen LogP contribution is 2.43. The molecule has 0 radical (unpaired) electrons. The molecular formula is C41H83NO8P+. The number of rotatable bonds is 41. The van der Waals surface area contributed by atoms with Gasteiger partial charge in [-0.15, -0.1) is 0 Å². The minimum atomic E-state index is -4.33. The fourth-order valence-corrected chi connectivity index (χ4v) is 7.08. The first-order valence-corrected chi connectivity index (χ1v) is 23.1. The van der Waals surface area contributed by atoms with Crippen LogP contribution in [0.3, 0.4) is 0 Å². The van der Waals surface area contributed by atoms with E-state index >= 15 is 0 Å². The van der Waals surface area contributed by atoms with Gasteiger partial charge in [0.05, 0.1) is 13.2 Å². The Morgan fingerprint density at radius 3 is 1.20 bits per heavy atom. The van der Waals surface area contributed by atoms with Crippen molar-refractivity contribution in [3.05, 3.63) is 0 Å². The van der Waals surface area contributed by atoms with Crippen LogP contribution in [-0.4, -0.2) is 49.3 Å². The average Bonchev–Trinajstić information content (AvgIpc) is 3.11. The van der Waals surface area contributed by atoms with Crippen molar-refractivity contribution in [1.82, 2.24) is 0 Å². The van der Waals surface area contributed by atoms with Gasteiger partial charge in [0.15, 0.2) is 6.10 Å². The normalized spacial score (nSPS) is 13.3. The third-order valence-electron chi connectivity index (χ3n) is 9.52. The maximum absolute atomic E-state index is 12.6. The van der Waals surface area contributed by atoms with E-state index in [1.54, 1.807) is 0 Å². The second kappa shape index (κ2) is 38.7. The van der Waals surface area contributed by atoms with E-state index in [-0.39, 0.29) is 25.6 Å². The van der Waals surface area contributed by atoms with E-state index in [4.69, 9.17) is 18.5 Å². The van der Waals surface area contributed by atoms with Gasteiger partial charge >= 0.3 is 19.8 Å². The minimum Gasteiger partial charge on any atom is -0.462 e. The first-order chi connectivity index (χ1) is 24.8. The first-order valence-electron chi connectivity index (χ1n) is 21.6. The number of hydrogen-bond acceptors (Lipinski definition) is 7. The molecule has 0 saturated heterocycles. The molecule has 0 heterocycles. The van der Waals surface area contributed by atoms with Crippen LogP contribution in [0.4, 0.5) is 0 Å². The van der Waals surface area contributed by atoms with Crippen LogP contribution in [0.25, 0.3) is 0 Å². The summed E-state index contributed by atoms with van der Waals surface area (Å²) in [5, 5.41) is 0. The second-order valence-corrected chi connectivity index (χ2v) is 16.1. The standard InChI is InChI=1S/C41H82NO8P/c1-3-5-7-9-11-13-15-17-19-21-23-25-27-29-31-33-40(43)47-37-39(38-49-51(45,46)48-36-35-42)50-41(44)34-32-30-28-26-24-22-20-18-16-14-12-10-8-6-4-2/h39H,3-38,42H2,1-2H3,(H,45,46)/p+1/t39-/m0/s1. The number of phosphoric acid groups is 1. The predicted octanol–water partition coefficient (Wildman–Crippen LogP) is 11.3. The molecule has 4 N–H and O–H groups in total. The summed E-state index contributed by atoms with van der Waals surface area (Å²) >= 11 is 0. The van der Waals surface area contributed by atoms with Crippen molar-refractivity contribution in [1.29, 1.82) is 0 Å². The largest absolute Gasteiger partial charge is 0.472 e. The van der Waals surface area contributed by atoms with Gasteiger partial charge in [0.25, 0.3) is 0 Å². The van der Waals surface area contributed by atoms with Crippen LogP contribution < -0.4 is 5.73 Å². The Balaban J connectivity index is 4.11. The zero-order chi connectivity index (χ0) is 37.5. The van der Waals surface area contributed by atoms with Crippen LogP contribution in [0.2, 0.25) is 0 Å². The molecule has 0 saturated carbocycles. The molecule has 0 fully saturated rings. The number of quaternary nitrogens is 1. The number of carbonyl (C=O) groups excluding carboxylic acids is 2. The van der Waals surface area contributed by atoms with Gasteiger partial charge in [-0.1, -0.05) is 194 Å². The highest BCUT2D eigenvalue weighted by atomic mass is 31.2. The molecule has 0 aromatic carbocycles. The Kier molecular flexibility index (Phi) is 38.0. The molecule has 0 spiro atoms. The molecule has 0 aliphatic rings. The van der Waals surface area contributed by atoms with Crippen molar-refractivity contribution in [2.75, 3.05) is 26.4 Å². The number of esters is 2. The molecule has 0 aromatic heterocycles. The first kappa shape index (κ1) is 50.0. The fourth-order valence-electron chi connectivity index (χ4n) is 6.29. The fraction of sp³-hybridized carbons (Fsp3) is 0.951. The lowest BCUT2D eigenvalue weighted by Gasteiger charge is -2.19. The smallest absolute Gasteiger partial charge is 0.462 e. The molecule has 0 aliphatic heterocycles. The average molecular weight is 749 g/mol. The summed E-state index contributed by atoms with van der Waals surface area (Å²) < 4.78 is 32.9. The number of unbranched alkanes of at least 4 members (excludes halogenated alkanes) is 28. The van der Waals surface area contributed by atoms with Gasteiger partial charge in [0, 0.05) is 12.8 Å². The lowest BCUT2D eigenvalue weighted by molar-refractivity contribution is -0.371. The molecule has 0 rings (SSSR count). The summed E-state index contributed by atoms with van der Waals surface area (Å²) in [6.07, 6.45) is 37.1. The van der Waals surface area contributed by atoms with Gasteiger partial charge in [0.2, 0.25) is 0 Å². The molecule has 9 nitrogen and oxygen atoms in total. The number of phosphoric ester groups is 1. The van der Waals surface area contributed by atoms with Crippen molar-refractivity contribution in [3.8, 4) is 0 Å². The zero-order valence-corrected chi connectivity index (χ0v) is 34.4. The molecule has 304 valence electrons. The number of ether oxygens (including phenoxy) is 2. The Bertz CT molecular complexity index is 815. The molecule has 1 unspecified atom stereocenters. The lowest BCUT2D eigenvalue weighted by Crippen LogP contribution is -2.52. The van der Waals surface area contributed by atoms with Crippen LogP contribution in [0.15, 0.2) is 0 Å². The van der Waals surface area contributed by atoms with Crippen LogP contribution in [0.5, 0.6) is 0 Å². The Morgan fingerprint density at radius 1 is 0.510 bits per heavy atom. The number of carbonyl (C=O) groups is 2. The van der Waals surface area contributed by atoms with E-state index in [1.807, 2.05) is 0 Å². The van der Waals surface area contributed by atoms with Gasteiger partial charge in [-0.2, -0.15) is 0 Å². The van der Waals surface area contributed by atoms with Gasteiger partial charge < -0.3 is 20.1 Å². The van der Waals surface area contributed by atoms with E-state index in [0.717, 1.165) is 32.1 Å². The van der Waals surface area contributed by atoms with Crippen LogP contribution in [0, 0.1) is 0 Å². The summed E-state index contributed by atoms with van der Waals surface area (Å²) in [5.74, 6) is -0.795. The highest BCUT2D eigenvalue weighted by molar-refractivity contribution is 7.47. The monoisotopic (exact) mass is 749 g/mol. The van der Waals surface area contributed by atoms with Gasteiger partial charge in [0.1, 0.15) is 13.2 Å². The van der Waals surface area contributed by atoms with Gasteiger partial charge in [-0.3, -0.25) is 18.6 Å². The summed E-state index contributed by atoms with van der Waals surface area (Å²) in [4.78, 5) is 34.9. The topological polar surface area (TPSA) is 136 Å². The number of hydrogen-bond donors (Lipinski definition) is 2. The van der Waals surface area contributed by atoms with Crippen LogP contribution in [0.1, 0.15) is 219 Å². The van der Waals surface area contributed by atoms with Crippen LogP contribution in [-0.2, 0) is 32.7 Å². The van der Waals surface area contributed by atoms with Gasteiger partial charge in [-0.25, -0.2) is 4.57 Å². The predicted molar refractivity (Wildman–Crippen MR) is 209 cm³/mol. The lowest BCUT2D eigenvalue weighted by atomic mass is 10.0.